The lowest BCUT2D eigenvalue weighted by Gasteiger charge is -2.37. The molecule has 2 aromatic carbocycles. The molecule has 140 valence electrons. The quantitative estimate of drug-likeness (QED) is 0.532. The largest absolute Gasteiger partial charge is 0.472 e. The van der Waals surface area contributed by atoms with Gasteiger partial charge in [0.05, 0.1) is 23.0 Å². The number of fused-ring (bicyclic) bond motifs is 1. The van der Waals surface area contributed by atoms with Crippen LogP contribution < -0.4 is 10.7 Å². The molecule has 0 saturated heterocycles. The summed E-state index contributed by atoms with van der Waals surface area (Å²) in [5, 5.41) is 15.1. The van der Waals surface area contributed by atoms with Crippen molar-refractivity contribution in [1.82, 2.24) is 10.4 Å². The summed E-state index contributed by atoms with van der Waals surface area (Å²) in [5.74, 6) is -0.964. The van der Waals surface area contributed by atoms with E-state index in [1.54, 1.807) is 30.3 Å². The molecule has 2 heterocycles. The Morgan fingerprint density at radius 1 is 1.14 bits per heavy atom. The van der Waals surface area contributed by atoms with E-state index in [1.165, 1.54) is 41.8 Å². The molecule has 1 aliphatic heterocycles. The van der Waals surface area contributed by atoms with Crippen LogP contribution in [0.2, 0.25) is 0 Å². The summed E-state index contributed by atoms with van der Waals surface area (Å²) in [5.41, 5.74) is 4.33. The van der Waals surface area contributed by atoms with Gasteiger partial charge in [-0.15, -0.1) is 0 Å². The number of non-ortho nitro benzene ring substituents is 1. The van der Waals surface area contributed by atoms with Gasteiger partial charge in [-0.05, 0) is 30.3 Å². The van der Waals surface area contributed by atoms with Crippen molar-refractivity contribution in [3.63, 3.8) is 0 Å². The second-order valence-electron chi connectivity index (χ2n) is 6.07. The van der Waals surface area contributed by atoms with Crippen LogP contribution in [0.25, 0.3) is 0 Å². The van der Waals surface area contributed by atoms with Crippen LogP contribution in [0, 0.1) is 10.1 Å². The number of carbonyl (C=O) groups is 2. The first kappa shape index (κ1) is 17.3. The van der Waals surface area contributed by atoms with E-state index in [9.17, 15) is 19.7 Å². The first-order valence-electron chi connectivity index (χ1n) is 8.31. The average Bonchev–Trinajstić information content (AvgIpc) is 3.24. The fourth-order valence-electron chi connectivity index (χ4n) is 2.94. The Morgan fingerprint density at radius 2 is 1.89 bits per heavy atom. The molecule has 1 aliphatic rings. The standard InChI is InChI=1S/C19H14N4O5/c24-18(12-5-7-14(8-6-12)23(26)27)21-22-17(13-9-10-28-11-13)20-16-4-2-1-3-15(16)19(22)25/h1-11,17,20H,(H,21,24)/t17-/m0/s1. The van der Waals surface area contributed by atoms with E-state index in [4.69, 9.17) is 4.42 Å². The third-order valence-electron chi connectivity index (χ3n) is 4.35. The third kappa shape index (κ3) is 3.05. The maximum atomic E-state index is 13.0. The minimum absolute atomic E-state index is 0.127. The monoisotopic (exact) mass is 378 g/mol. The minimum Gasteiger partial charge on any atom is -0.472 e. The molecule has 9 nitrogen and oxygen atoms in total. The molecule has 1 aromatic heterocycles. The number of benzene rings is 2. The summed E-state index contributed by atoms with van der Waals surface area (Å²) in [4.78, 5) is 35.8. The molecule has 0 aliphatic carbocycles. The molecule has 1 atom stereocenters. The summed E-state index contributed by atoms with van der Waals surface area (Å²) in [7, 11) is 0. The van der Waals surface area contributed by atoms with Crippen LogP contribution >= 0.6 is 0 Å². The third-order valence-corrected chi connectivity index (χ3v) is 4.35. The minimum atomic E-state index is -0.678. The molecular weight excluding hydrogens is 364 g/mol. The molecule has 28 heavy (non-hydrogen) atoms. The lowest BCUT2D eigenvalue weighted by Crippen LogP contribution is -2.52. The van der Waals surface area contributed by atoms with Crippen LogP contribution in [-0.2, 0) is 0 Å². The molecule has 2 amide bonds. The second-order valence-corrected chi connectivity index (χ2v) is 6.07. The van der Waals surface area contributed by atoms with E-state index in [1.807, 2.05) is 0 Å². The van der Waals surface area contributed by atoms with E-state index >= 15 is 0 Å². The maximum Gasteiger partial charge on any atom is 0.276 e. The van der Waals surface area contributed by atoms with Gasteiger partial charge in [0, 0.05) is 28.9 Å². The Labute approximate surface area is 158 Å². The van der Waals surface area contributed by atoms with Crippen LogP contribution in [0.15, 0.2) is 71.5 Å². The SMILES string of the molecule is O=C(NN1C(=O)c2ccccc2N[C@@H]1c1ccoc1)c1ccc([N+](=O)[O-])cc1. The Balaban J connectivity index is 1.64. The zero-order chi connectivity index (χ0) is 19.7. The summed E-state index contributed by atoms with van der Waals surface area (Å²) >= 11 is 0. The molecular formula is C19H14N4O5. The fourth-order valence-corrected chi connectivity index (χ4v) is 2.94. The summed E-state index contributed by atoms with van der Waals surface area (Å²) in [6, 6.07) is 13.8. The maximum absolute atomic E-state index is 13.0. The van der Waals surface area contributed by atoms with Crippen molar-refractivity contribution in [3.8, 4) is 0 Å². The van der Waals surface area contributed by atoms with Gasteiger partial charge in [-0.3, -0.25) is 25.1 Å². The molecule has 3 aromatic rings. The van der Waals surface area contributed by atoms with Gasteiger partial charge in [0.1, 0.15) is 0 Å². The number of para-hydroxylation sites is 1. The number of furan rings is 1. The van der Waals surface area contributed by atoms with Crippen molar-refractivity contribution in [3.05, 3.63) is 93.9 Å². The number of anilines is 1. The Bertz CT molecular complexity index is 1050. The fraction of sp³-hybridized carbons (Fsp3) is 0.0526. The van der Waals surface area contributed by atoms with Gasteiger partial charge in [-0.25, -0.2) is 5.01 Å². The Kier molecular flexibility index (Phi) is 4.24. The van der Waals surface area contributed by atoms with Crippen LogP contribution in [0.1, 0.15) is 32.4 Å². The molecule has 9 heteroatoms. The molecule has 0 bridgehead atoms. The van der Waals surface area contributed by atoms with E-state index in [0.717, 1.165) is 0 Å². The van der Waals surface area contributed by atoms with Gasteiger partial charge < -0.3 is 9.73 Å². The van der Waals surface area contributed by atoms with Gasteiger partial charge >= 0.3 is 0 Å². The molecule has 0 unspecified atom stereocenters. The number of carbonyl (C=O) groups excluding carboxylic acids is 2. The molecule has 0 spiro atoms. The first-order chi connectivity index (χ1) is 13.5. The van der Waals surface area contributed by atoms with E-state index in [2.05, 4.69) is 10.7 Å². The zero-order valence-electron chi connectivity index (χ0n) is 14.4. The number of nitro groups is 1. The predicted molar refractivity (Wildman–Crippen MR) is 98.2 cm³/mol. The second kappa shape index (κ2) is 6.88. The van der Waals surface area contributed by atoms with Crippen LogP contribution in [0.3, 0.4) is 0 Å². The van der Waals surface area contributed by atoms with Crippen LogP contribution in [0.5, 0.6) is 0 Å². The van der Waals surface area contributed by atoms with Crippen LogP contribution in [-0.4, -0.2) is 21.7 Å². The topological polar surface area (TPSA) is 118 Å². The lowest BCUT2D eigenvalue weighted by atomic mass is 10.1. The number of nitro benzene ring substituents is 1. The highest BCUT2D eigenvalue weighted by molar-refractivity contribution is 6.04. The molecule has 2 N–H and O–H groups in total. The summed E-state index contributed by atoms with van der Waals surface area (Å²) in [6.45, 7) is 0. The number of hydrogen-bond donors (Lipinski definition) is 2. The zero-order valence-corrected chi connectivity index (χ0v) is 14.4. The van der Waals surface area contributed by atoms with E-state index in [0.29, 0.717) is 16.8 Å². The van der Waals surface area contributed by atoms with Crippen molar-refractivity contribution in [2.45, 2.75) is 6.17 Å². The number of hydrogen-bond acceptors (Lipinski definition) is 6. The number of nitrogens with zero attached hydrogens (tertiary/aromatic N) is 2. The Morgan fingerprint density at radius 3 is 2.57 bits per heavy atom. The van der Waals surface area contributed by atoms with E-state index in [-0.39, 0.29) is 11.3 Å². The molecule has 0 radical (unpaired) electrons. The molecule has 0 saturated carbocycles. The normalized spacial score (nSPS) is 15.5. The van der Waals surface area contributed by atoms with Gasteiger partial charge in [0.15, 0.2) is 6.17 Å². The van der Waals surface area contributed by atoms with E-state index < -0.39 is 22.9 Å². The van der Waals surface area contributed by atoms with Crippen molar-refractivity contribution >= 4 is 23.2 Å². The average molecular weight is 378 g/mol. The van der Waals surface area contributed by atoms with Crippen molar-refractivity contribution in [2.24, 2.45) is 0 Å². The van der Waals surface area contributed by atoms with Gasteiger partial charge in [0.25, 0.3) is 17.5 Å². The Hall–Kier alpha value is -4.14. The van der Waals surface area contributed by atoms with Crippen molar-refractivity contribution < 1.29 is 18.9 Å². The van der Waals surface area contributed by atoms with Gasteiger partial charge in [-0.2, -0.15) is 0 Å². The van der Waals surface area contributed by atoms with Gasteiger partial charge in [0.2, 0.25) is 0 Å². The number of nitrogens with one attached hydrogen (secondary N) is 2. The van der Waals surface area contributed by atoms with Crippen LogP contribution in [0.4, 0.5) is 11.4 Å². The lowest BCUT2D eigenvalue weighted by molar-refractivity contribution is -0.384. The molecule has 0 fully saturated rings. The summed E-state index contributed by atoms with van der Waals surface area (Å²) in [6.07, 6.45) is 2.27. The highest BCUT2D eigenvalue weighted by atomic mass is 16.6. The smallest absolute Gasteiger partial charge is 0.276 e. The number of hydrazine groups is 1. The summed E-state index contributed by atoms with van der Waals surface area (Å²) < 4.78 is 5.11. The number of rotatable bonds is 4. The highest BCUT2D eigenvalue weighted by Gasteiger charge is 2.35. The number of amides is 2. The predicted octanol–water partition coefficient (Wildman–Crippen LogP) is 3.10. The van der Waals surface area contributed by atoms with Crippen molar-refractivity contribution in [2.75, 3.05) is 5.32 Å². The van der Waals surface area contributed by atoms with Gasteiger partial charge in [-0.1, -0.05) is 12.1 Å². The van der Waals surface area contributed by atoms with Crippen molar-refractivity contribution in [1.29, 1.82) is 0 Å². The highest BCUT2D eigenvalue weighted by Crippen LogP contribution is 2.32. The molecule has 4 rings (SSSR count). The first-order valence-corrected chi connectivity index (χ1v) is 8.31.